The van der Waals surface area contributed by atoms with Crippen molar-refractivity contribution in [3.05, 3.63) is 23.5 Å². The predicted octanol–water partition coefficient (Wildman–Crippen LogP) is 1.46. The Morgan fingerprint density at radius 1 is 1.43 bits per heavy atom. The molecule has 3 nitrogen and oxygen atoms in total. The fourth-order valence-corrected chi connectivity index (χ4v) is 1.24. The van der Waals surface area contributed by atoms with Crippen LogP contribution in [0.3, 0.4) is 0 Å². The maximum atomic E-state index is 13.5. The molecule has 0 radical (unpaired) electrons. The number of halogens is 1. The van der Waals surface area contributed by atoms with E-state index in [0.717, 1.165) is 0 Å². The first-order chi connectivity index (χ1) is 6.70. The van der Waals surface area contributed by atoms with Crippen LogP contribution in [-0.2, 0) is 6.42 Å². The first-order valence-corrected chi connectivity index (χ1v) is 4.36. The average molecular weight is 200 g/mol. The lowest BCUT2D eigenvalue weighted by atomic mass is 10.1. The third-order valence-electron chi connectivity index (χ3n) is 1.96. The van der Waals surface area contributed by atoms with Crippen molar-refractivity contribution >= 4 is 0 Å². The maximum absolute atomic E-state index is 13.5. The molecule has 0 saturated carbocycles. The first-order valence-electron chi connectivity index (χ1n) is 4.36. The Bertz CT molecular complexity index is 312. The van der Waals surface area contributed by atoms with Gasteiger partial charge >= 0.3 is 0 Å². The zero-order chi connectivity index (χ0) is 10.6. The van der Waals surface area contributed by atoms with E-state index in [1.165, 1.54) is 19.2 Å². The lowest BCUT2D eigenvalue weighted by Gasteiger charge is -2.08. The number of rotatable bonds is 4. The van der Waals surface area contributed by atoms with Crippen molar-refractivity contribution in [1.29, 1.82) is 0 Å². The summed E-state index contributed by atoms with van der Waals surface area (Å²) in [5.74, 6) is -0.904. The Morgan fingerprint density at radius 2 is 2.14 bits per heavy atom. The molecule has 0 bridgehead atoms. The van der Waals surface area contributed by atoms with Gasteiger partial charge in [0.2, 0.25) is 0 Å². The van der Waals surface area contributed by atoms with Crippen molar-refractivity contribution in [1.82, 2.24) is 0 Å². The average Bonchev–Trinajstić information content (AvgIpc) is 2.18. The molecule has 0 amide bonds. The highest BCUT2D eigenvalue weighted by molar-refractivity contribution is 5.43. The minimum absolute atomic E-state index is 0.0165. The summed E-state index contributed by atoms with van der Waals surface area (Å²) in [5.41, 5.74) is 0.439. The quantitative estimate of drug-likeness (QED) is 0.773. The highest BCUT2D eigenvalue weighted by Crippen LogP contribution is 2.31. The standard InChI is InChI=1S/C10H13FO3/c1-14-10-8(13)5-4-7(9(10)11)3-2-6-12/h4-5,12-13H,2-3,6H2,1H3. The largest absolute Gasteiger partial charge is 0.504 e. The van der Waals surface area contributed by atoms with Crippen molar-refractivity contribution in [3.8, 4) is 11.5 Å². The van der Waals surface area contributed by atoms with Gasteiger partial charge in [-0.15, -0.1) is 0 Å². The Hall–Kier alpha value is -1.29. The molecule has 0 aromatic heterocycles. The summed E-state index contributed by atoms with van der Waals surface area (Å²) in [6, 6.07) is 2.87. The molecule has 4 heteroatoms. The predicted molar refractivity (Wildman–Crippen MR) is 50.0 cm³/mol. The lowest BCUT2D eigenvalue weighted by Crippen LogP contribution is -1.97. The lowest BCUT2D eigenvalue weighted by molar-refractivity contribution is 0.287. The van der Waals surface area contributed by atoms with Gasteiger partial charge in [0.25, 0.3) is 0 Å². The number of aromatic hydroxyl groups is 1. The van der Waals surface area contributed by atoms with Crippen LogP contribution >= 0.6 is 0 Å². The summed E-state index contributed by atoms with van der Waals surface area (Å²) in [7, 11) is 1.30. The van der Waals surface area contributed by atoms with Gasteiger partial charge in [0.05, 0.1) is 7.11 Å². The summed E-state index contributed by atoms with van der Waals surface area (Å²) < 4.78 is 18.2. The van der Waals surface area contributed by atoms with E-state index < -0.39 is 5.82 Å². The molecule has 0 atom stereocenters. The summed E-state index contributed by atoms with van der Waals surface area (Å²) in [6.45, 7) is 0.0165. The minimum Gasteiger partial charge on any atom is -0.504 e. The van der Waals surface area contributed by atoms with Crippen LogP contribution in [0.25, 0.3) is 0 Å². The van der Waals surface area contributed by atoms with E-state index >= 15 is 0 Å². The van der Waals surface area contributed by atoms with Crippen molar-refractivity contribution < 1.29 is 19.3 Å². The molecule has 0 aliphatic carbocycles. The topological polar surface area (TPSA) is 49.7 Å². The fraction of sp³-hybridized carbons (Fsp3) is 0.400. The molecule has 78 valence electrons. The van der Waals surface area contributed by atoms with Crippen LogP contribution in [0.5, 0.6) is 11.5 Å². The smallest absolute Gasteiger partial charge is 0.196 e. The molecular weight excluding hydrogens is 187 g/mol. The number of benzene rings is 1. The van der Waals surface area contributed by atoms with E-state index in [1.807, 2.05) is 0 Å². The van der Waals surface area contributed by atoms with Crippen LogP contribution in [0.4, 0.5) is 4.39 Å². The zero-order valence-electron chi connectivity index (χ0n) is 7.96. The SMILES string of the molecule is COc1c(O)ccc(CCCO)c1F. The minimum atomic E-state index is -0.555. The highest BCUT2D eigenvalue weighted by atomic mass is 19.1. The van der Waals surface area contributed by atoms with Crippen LogP contribution in [0.2, 0.25) is 0 Å². The number of hydrogen-bond acceptors (Lipinski definition) is 3. The Morgan fingerprint density at radius 3 is 2.71 bits per heavy atom. The fourth-order valence-electron chi connectivity index (χ4n) is 1.24. The van der Waals surface area contributed by atoms with E-state index in [9.17, 15) is 9.50 Å². The van der Waals surface area contributed by atoms with Gasteiger partial charge in [0.1, 0.15) is 0 Å². The van der Waals surface area contributed by atoms with Crippen LogP contribution < -0.4 is 4.74 Å². The monoisotopic (exact) mass is 200 g/mol. The summed E-state index contributed by atoms with van der Waals surface area (Å²) in [4.78, 5) is 0. The van der Waals surface area contributed by atoms with E-state index in [2.05, 4.69) is 0 Å². The van der Waals surface area contributed by atoms with Crippen LogP contribution in [-0.4, -0.2) is 23.9 Å². The Labute approximate surface area is 81.8 Å². The zero-order valence-corrected chi connectivity index (χ0v) is 7.96. The number of phenolic OH excluding ortho intramolecular Hbond substituents is 1. The molecule has 0 unspecified atom stereocenters. The number of ether oxygens (including phenoxy) is 1. The molecule has 1 rings (SSSR count). The van der Waals surface area contributed by atoms with Crippen molar-refractivity contribution in [2.24, 2.45) is 0 Å². The number of methoxy groups -OCH3 is 1. The number of aryl methyl sites for hydroxylation is 1. The van der Waals surface area contributed by atoms with Gasteiger partial charge < -0.3 is 14.9 Å². The molecule has 0 aliphatic heterocycles. The molecule has 1 aromatic carbocycles. The van der Waals surface area contributed by atoms with E-state index in [1.54, 1.807) is 0 Å². The van der Waals surface area contributed by atoms with E-state index in [4.69, 9.17) is 9.84 Å². The van der Waals surface area contributed by atoms with Gasteiger partial charge in [-0.05, 0) is 24.5 Å². The molecule has 2 N–H and O–H groups in total. The number of hydrogen-bond donors (Lipinski definition) is 2. The molecule has 0 fully saturated rings. The first kappa shape index (κ1) is 10.8. The third kappa shape index (κ3) is 2.14. The summed E-state index contributed by atoms with van der Waals surface area (Å²) >= 11 is 0. The number of phenols is 1. The van der Waals surface area contributed by atoms with Crippen LogP contribution in [0.1, 0.15) is 12.0 Å². The summed E-state index contributed by atoms with van der Waals surface area (Å²) in [6.07, 6.45) is 0.920. The van der Waals surface area contributed by atoms with Gasteiger partial charge in [-0.2, -0.15) is 0 Å². The summed E-state index contributed by atoms with van der Waals surface area (Å²) in [5, 5.41) is 17.8. The molecular formula is C10H13FO3. The van der Waals surface area contributed by atoms with Crippen LogP contribution in [0, 0.1) is 5.82 Å². The van der Waals surface area contributed by atoms with Crippen molar-refractivity contribution in [2.75, 3.05) is 13.7 Å². The van der Waals surface area contributed by atoms with E-state index in [-0.39, 0.29) is 18.1 Å². The van der Waals surface area contributed by atoms with Crippen molar-refractivity contribution in [3.63, 3.8) is 0 Å². The number of aliphatic hydroxyl groups is 1. The molecule has 14 heavy (non-hydrogen) atoms. The third-order valence-corrected chi connectivity index (χ3v) is 1.96. The Kier molecular flexibility index (Phi) is 3.71. The molecule has 0 spiro atoms. The number of aliphatic hydroxyl groups excluding tert-OH is 1. The normalized spacial score (nSPS) is 10.2. The molecule has 0 aliphatic rings. The molecule has 1 aromatic rings. The van der Waals surface area contributed by atoms with E-state index in [0.29, 0.717) is 18.4 Å². The van der Waals surface area contributed by atoms with Gasteiger partial charge in [-0.1, -0.05) is 6.07 Å². The molecule has 0 saturated heterocycles. The van der Waals surface area contributed by atoms with Gasteiger partial charge in [-0.3, -0.25) is 0 Å². The van der Waals surface area contributed by atoms with Gasteiger partial charge in [-0.25, -0.2) is 4.39 Å². The highest BCUT2D eigenvalue weighted by Gasteiger charge is 2.12. The maximum Gasteiger partial charge on any atom is 0.196 e. The van der Waals surface area contributed by atoms with Crippen molar-refractivity contribution in [2.45, 2.75) is 12.8 Å². The second-order valence-electron chi connectivity index (χ2n) is 2.92. The Balaban J connectivity index is 2.96. The second-order valence-corrected chi connectivity index (χ2v) is 2.92. The second kappa shape index (κ2) is 4.81. The van der Waals surface area contributed by atoms with Gasteiger partial charge in [0.15, 0.2) is 17.3 Å². The van der Waals surface area contributed by atoms with Gasteiger partial charge in [0, 0.05) is 6.61 Å². The molecule has 0 heterocycles. The van der Waals surface area contributed by atoms with Crippen LogP contribution in [0.15, 0.2) is 12.1 Å².